The highest BCUT2D eigenvalue weighted by molar-refractivity contribution is 5.74. The quantitative estimate of drug-likeness (QED) is 0.596. The smallest absolute Gasteiger partial charge is 0.0639 e. The number of rotatable bonds is 3. The lowest BCUT2D eigenvalue weighted by atomic mass is 9.88. The van der Waals surface area contributed by atoms with Gasteiger partial charge in [-0.25, -0.2) is 0 Å². The number of aryl methyl sites for hydroxylation is 1. The molecule has 0 atom stereocenters. The number of aromatic nitrogens is 1. The van der Waals surface area contributed by atoms with E-state index in [1.54, 1.807) is 0 Å². The molecule has 0 saturated carbocycles. The first kappa shape index (κ1) is 14.9. The number of fused-ring (bicyclic) bond motifs is 1. The van der Waals surface area contributed by atoms with Gasteiger partial charge in [-0.15, -0.1) is 0 Å². The van der Waals surface area contributed by atoms with E-state index >= 15 is 0 Å². The minimum Gasteiger partial charge on any atom is -0.253 e. The fraction of sp³-hybridized carbons (Fsp3) is 0.174. The van der Waals surface area contributed by atoms with Crippen molar-refractivity contribution in [1.29, 1.82) is 0 Å². The van der Waals surface area contributed by atoms with Crippen LogP contribution in [0.3, 0.4) is 0 Å². The summed E-state index contributed by atoms with van der Waals surface area (Å²) in [6.45, 7) is 0. The number of benzene rings is 2. The molecule has 0 spiro atoms. The zero-order chi connectivity index (χ0) is 16.2. The maximum absolute atomic E-state index is 4.93. The standard InChI is InChI=1S/C23H21N/c1-3-9-18(10-4-1)15-16-20-17-22(19-11-5-2-6-12-19)21-13-7-8-14-23(21)24-20/h1-6,9-12,15-17H,7-8,13-14H2/b16-15+. The van der Waals surface area contributed by atoms with E-state index in [2.05, 4.69) is 72.8 Å². The third-order valence-corrected chi connectivity index (χ3v) is 4.65. The van der Waals surface area contributed by atoms with Gasteiger partial charge in [0.2, 0.25) is 0 Å². The van der Waals surface area contributed by atoms with E-state index in [4.69, 9.17) is 4.98 Å². The van der Waals surface area contributed by atoms with E-state index < -0.39 is 0 Å². The minimum atomic E-state index is 1.05. The maximum atomic E-state index is 4.93. The van der Waals surface area contributed by atoms with Crippen LogP contribution >= 0.6 is 0 Å². The van der Waals surface area contributed by atoms with Crippen molar-refractivity contribution in [3.8, 4) is 11.1 Å². The summed E-state index contributed by atoms with van der Waals surface area (Å²) in [5, 5.41) is 0. The van der Waals surface area contributed by atoms with Crippen molar-refractivity contribution < 1.29 is 0 Å². The Labute approximate surface area is 143 Å². The molecule has 1 aliphatic rings. The first-order chi connectivity index (χ1) is 11.9. The summed E-state index contributed by atoms with van der Waals surface area (Å²) in [6, 6.07) is 23.4. The highest BCUT2D eigenvalue weighted by atomic mass is 14.7. The van der Waals surface area contributed by atoms with Crippen molar-refractivity contribution in [2.24, 2.45) is 0 Å². The van der Waals surface area contributed by atoms with Crippen LogP contribution in [0, 0.1) is 0 Å². The summed E-state index contributed by atoms with van der Waals surface area (Å²) >= 11 is 0. The predicted octanol–water partition coefficient (Wildman–Crippen LogP) is 5.80. The summed E-state index contributed by atoms with van der Waals surface area (Å²) in [7, 11) is 0. The molecule has 1 aliphatic carbocycles. The monoisotopic (exact) mass is 311 g/mol. The number of hydrogen-bond acceptors (Lipinski definition) is 1. The van der Waals surface area contributed by atoms with Crippen LogP contribution in [0.4, 0.5) is 0 Å². The van der Waals surface area contributed by atoms with Crippen LogP contribution in [0.2, 0.25) is 0 Å². The molecule has 118 valence electrons. The van der Waals surface area contributed by atoms with Crippen molar-refractivity contribution >= 4 is 12.2 Å². The van der Waals surface area contributed by atoms with Crippen molar-refractivity contribution in [3.63, 3.8) is 0 Å². The molecule has 4 rings (SSSR count). The van der Waals surface area contributed by atoms with Crippen LogP contribution in [0.25, 0.3) is 23.3 Å². The highest BCUT2D eigenvalue weighted by Crippen LogP contribution is 2.31. The molecule has 0 saturated heterocycles. The van der Waals surface area contributed by atoms with Crippen molar-refractivity contribution in [1.82, 2.24) is 4.98 Å². The number of nitrogens with zero attached hydrogens (tertiary/aromatic N) is 1. The van der Waals surface area contributed by atoms with Crippen molar-refractivity contribution in [3.05, 3.63) is 89.2 Å². The molecule has 0 aliphatic heterocycles. The predicted molar refractivity (Wildman–Crippen MR) is 102 cm³/mol. The molecule has 2 aromatic carbocycles. The molecule has 3 aromatic rings. The minimum absolute atomic E-state index is 1.05. The van der Waals surface area contributed by atoms with Crippen LogP contribution in [0.5, 0.6) is 0 Å². The fourth-order valence-electron chi connectivity index (χ4n) is 3.43. The molecule has 1 heterocycles. The van der Waals surface area contributed by atoms with E-state index in [0.29, 0.717) is 0 Å². The molecule has 0 unspecified atom stereocenters. The van der Waals surface area contributed by atoms with Gasteiger partial charge in [0, 0.05) is 5.69 Å². The molecular weight excluding hydrogens is 290 g/mol. The number of hydrogen-bond donors (Lipinski definition) is 0. The third-order valence-electron chi connectivity index (χ3n) is 4.65. The molecule has 24 heavy (non-hydrogen) atoms. The highest BCUT2D eigenvalue weighted by Gasteiger charge is 2.16. The first-order valence-electron chi connectivity index (χ1n) is 8.71. The van der Waals surface area contributed by atoms with Gasteiger partial charge in [0.05, 0.1) is 5.69 Å². The Balaban J connectivity index is 1.77. The summed E-state index contributed by atoms with van der Waals surface area (Å²) in [5.74, 6) is 0. The Kier molecular flexibility index (Phi) is 4.24. The Hall–Kier alpha value is -2.67. The Bertz CT molecular complexity index is 848. The van der Waals surface area contributed by atoms with E-state index in [-0.39, 0.29) is 0 Å². The van der Waals surface area contributed by atoms with E-state index in [0.717, 1.165) is 18.5 Å². The fourth-order valence-corrected chi connectivity index (χ4v) is 3.43. The first-order valence-corrected chi connectivity index (χ1v) is 8.71. The topological polar surface area (TPSA) is 12.9 Å². The van der Waals surface area contributed by atoms with Crippen molar-refractivity contribution in [2.75, 3.05) is 0 Å². The number of pyridine rings is 1. The van der Waals surface area contributed by atoms with Gasteiger partial charge in [-0.2, -0.15) is 0 Å². The van der Waals surface area contributed by atoms with E-state index in [1.165, 1.54) is 40.8 Å². The average molecular weight is 311 g/mol. The van der Waals surface area contributed by atoms with E-state index in [1.807, 2.05) is 6.07 Å². The molecule has 0 amide bonds. The molecule has 0 radical (unpaired) electrons. The lowest BCUT2D eigenvalue weighted by Gasteiger charge is -2.19. The second-order valence-corrected chi connectivity index (χ2v) is 6.34. The van der Waals surface area contributed by atoms with E-state index in [9.17, 15) is 0 Å². The summed E-state index contributed by atoms with van der Waals surface area (Å²) < 4.78 is 0. The largest absolute Gasteiger partial charge is 0.253 e. The summed E-state index contributed by atoms with van der Waals surface area (Å²) in [6.07, 6.45) is 9.05. The maximum Gasteiger partial charge on any atom is 0.0639 e. The molecule has 0 bridgehead atoms. The van der Waals surface area contributed by atoms with Gasteiger partial charge in [-0.1, -0.05) is 66.7 Å². The second kappa shape index (κ2) is 6.84. The Morgan fingerprint density at radius 3 is 2.25 bits per heavy atom. The van der Waals surface area contributed by atoms with Gasteiger partial charge in [0.1, 0.15) is 0 Å². The Morgan fingerprint density at radius 2 is 1.46 bits per heavy atom. The van der Waals surface area contributed by atoms with Gasteiger partial charge in [-0.3, -0.25) is 4.98 Å². The molecule has 0 N–H and O–H groups in total. The van der Waals surface area contributed by atoms with Crippen LogP contribution in [-0.2, 0) is 12.8 Å². The van der Waals surface area contributed by atoms with Gasteiger partial charge in [-0.05, 0) is 60.1 Å². The molecule has 1 nitrogen and oxygen atoms in total. The molecule has 1 heteroatoms. The average Bonchev–Trinajstić information content (AvgIpc) is 2.67. The van der Waals surface area contributed by atoms with Gasteiger partial charge < -0.3 is 0 Å². The third kappa shape index (κ3) is 3.16. The lowest BCUT2D eigenvalue weighted by Crippen LogP contribution is -2.08. The summed E-state index contributed by atoms with van der Waals surface area (Å²) in [5.41, 5.74) is 7.65. The van der Waals surface area contributed by atoms with Gasteiger partial charge >= 0.3 is 0 Å². The summed E-state index contributed by atoms with van der Waals surface area (Å²) in [4.78, 5) is 4.93. The van der Waals surface area contributed by atoms with Gasteiger partial charge in [0.25, 0.3) is 0 Å². The van der Waals surface area contributed by atoms with Crippen LogP contribution < -0.4 is 0 Å². The normalized spacial score (nSPS) is 13.8. The van der Waals surface area contributed by atoms with Crippen LogP contribution in [0.15, 0.2) is 66.7 Å². The zero-order valence-corrected chi connectivity index (χ0v) is 13.8. The molecule has 1 aromatic heterocycles. The van der Waals surface area contributed by atoms with Gasteiger partial charge in [0.15, 0.2) is 0 Å². The molecular formula is C23H21N. The lowest BCUT2D eigenvalue weighted by molar-refractivity contribution is 0.668. The zero-order valence-electron chi connectivity index (χ0n) is 13.8. The van der Waals surface area contributed by atoms with Crippen molar-refractivity contribution in [2.45, 2.75) is 25.7 Å². The second-order valence-electron chi connectivity index (χ2n) is 6.34. The Morgan fingerprint density at radius 1 is 0.750 bits per heavy atom. The van der Waals surface area contributed by atoms with Crippen LogP contribution in [0.1, 0.15) is 35.4 Å². The SMILES string of the molecule is C(=C\c1cc(-c2ccccc2)c2c(n1)CCCC2)/c1ccccc1. The van der Waals surface area contributed by atoms with Crippen LogP contribution in [-0.4, -0.2) is 4.98 Å². The molecule has 0 fully saturated rings.